The van der Waals surface area contributed by atoms with E-state index in [9.17, 15) is 19.2 Å². The van der Waals surface area contributed by atoms with Crippen LogP contribution in [-0.2, 0) is 41.7 Å². The summed E-state index contributed by atoms with van der Waals surface area (Å²) in [6.07, 6.45) is 17.7. The van der Waals surface area contributed by atoms with Crippen LogP contribution in [0.2, 0.25) is 0 Å². The largest absolute Gasteiger partial charge is 0.484 e. The summed E-state index contributed by atoms with van der Waals surface area (Å²) in [6, 6.07) is 13.9. The molecule has 1 aromatic heterocycles. The Hall–Kier alpha value is -5.12. The topological polar surface area (TPSA) is 139 Å². The van der Waals surface area contributed by atoms with Gasteiger partial charge in [-0.15, -0.1) is 5.73 Å². The van der Waals surface area contributed by atoms with Crippen LogP contribution in [0.5, 0.6) is 5.75 Å². The van der Waals surface area contributed by atoms with Crippen molar-refractivity contribution in [2.45, 2.75) is 109 Å². The summed E-state index contributed by atoms with van der Waals surface area (Å²) in [5.74, 6) is -0.325. The molecule has 3 N–H and O–H groups in total. The zero-order chi connectivity index (χ0) is 37.5. The van der Waals surface area contributed by atoms with Crippen LogP contribution in [0.1, 0.15) is 106 Å². The monoisotopic (exact) mass is 736 g/mol. The highest BCUT2D eigenvalue weighted by Gasteiger charge is 2.29. The summed E-state index contributed by atoms with van der Waals surface area (Å²) in [4.78, 5) is 62.1. The third kappa shape index (κ3) is 11.2. The number of nitrogens with zero attached hydrogens (tertiary/aromatic N) is 1. The second-order valence-corrected chi connectivity index (χ2v) is 14.4. The van der Waals surface area contributed by atoms with Gasteiger partial charge in [-0.3, -0.25) is 19.2 Å². The second-order valence-electron chi connectivity index (χ2n) is 14.4. The van der Waals surface area contributed by atoms with Gasteiger partial charge >= 0.3 is 5.97 Å². The van der Waals surface area contributed by atoms with Crippen LogP contribution >= 0.6 is 0 Å². The van der Waals surface area contributed by atoms with Gasteiger partial charge in [0, 0.05) is 36.0 Å². The number of hydrogen-bond donors (Lipinski definition) is 3. The Morgan fingerprint density at radius 3 is 2.57 bits per heavy atom. The standard InChI is InChI=1S/C43H52N4O7/c48-39(46-53-29-31-15-7-2-1-3-8-16-31)21-11-4-5-12-22-41(50)47-26-25-35-36-27-34(23-24-37(36)44-38(35)28-47)52-30-40(49)45-42(32-17-9-6-10-18-32)43(51)54-33-19-13-14-20-33/h2,6,9-10,15-18,23-24,27,33,42,44H,1,3-5,8,11-14,19-22,25-26,28-30H2,(H,45,49)(H,46,48)/b31-16+/t7?,42-/m0/s1. The molecule has 286 valence electrons. The van der Waals surface area contributed by atoms with Crippen molar-refractivity contribution >= 4 is 34.6 Å². The number of benzene rings is 2. The van der Waals surface area contributed by atoms with Gasteiger partial charge in [-0.05, 0) is 111 Å². The first-order valence-corrected chi connectivity index (χ1v) is 19.5. The highest BCUT2D eigenvalue weighted by atomic mass is 16.6. The number of nitrogens with one attached hydrogen (secondary N) is 3. The van der Waals surface area contributed by atoms with Crippen LogP contribution in [0.25, 0.3) is 10.9 Å². The number of amides is 3. The van der Waals surface area contributed by atoms with Crippen LogP contribution in [0.4, 0.5) is 0 Å². The fourth-order valence-electron chi connectivity index (χ4n) is 7.28. The fourth-order valence-corrected chi connectivity index (χ4v) is 7.28. The smallest absolute Gasteiger partial charge is 0.333 e. The number of fused-ring (bicyclic) bond motifs is 3. The van der Waals surface area contributed by atoms with Crippen molar-refractivity contribution in [1.82, 2.24) is 20.7 Å². The van der Waals surface area contributed by atoms with Crippen molar-refractivity contribution in [2.24, 2.45) is 0 Å². The van der Waals surface area contributed by atoms with Gasteiger partial charge in [-0.2, -0.15) is 0 Å². The van der Waals surface area contributed by atoms with E-state index in [4.69, 9.17) is 14.3 Å². The Labute approximate surface area is 317 Å². The number of carbonyl (C=O) groups is 4. The average molecular weight is 737 g/mol. The number of rotatable bonds is 17. The molecule has 1 saturated carbocycles. The van der Waals surface area contributed by atoms with E-state index in [2.05, 4.69) is 27.6 Å². The minimum absolute atomic E-state index is 0.106. The van der Waals surface area contributed by atoms with Gasteiger partial charge in [0.1, 0.15) is 18.5 Å². The Balaban J connectivity index is 0.908. The van der Waals surface area contributed by atoms with E-state index in [1.54, 1.807) is 12.1 Å². The zero-order valence-electron chi connectivity index (χ0n) is 31.0. The van der Waals surface area contributed by atoms with Crippen molar-refractivity contribution in [1.29, 1.82) is 0 Å². The predicted octanol–water partition coefficient (Wildman–Crippen LogP) is 6.98. The minimum Gasteiger partial charge on any atom is -0.484 e. The molecule has 1 aliphatic heterocycles. The number of aromatic nitrogens is 1. The third-order valence-corrected chi connectivity index (χ3v) is 10.2. The molecular formula is C43H52N4O7. The van der Waals surface area contributed by atoms with Crippen molar-refractivity contribution in [2.75, 3.05) is 19.8 Å². The lowest BCUT2D eigenvalue weighted by molar-refractivity contribution is -0.153. The molecule has 0 radical (unpaired) electrons. The number of H-pyrrole nitrogens is 1. The molecule has 0 spiro atoms. The first kappa shape index (κ1) is 38.6. The average Bonchev–Trinajstić information content (AvgIpc) is 3.82. The number of aromatic amines is 1. The van der Waals surface area contributed by atoms with Crippen molar-refractivity contribution < 1.29 is 33.5 Å². The van der Waals surface area contributed by atoms with Gasteiger partial charge in [0.15, 0.2) is 12.6 Å². The molecule has 0 unspecified atom stereocenters. The molecule has 0 bridgehead atoms. The molecule has 3 aromatic rings. The zero-order valence-corrected chi connectivity index (χ0v) is 31.0. The second kappa shape index (κ2) is 19.8. The van der Waals surface area contributed by atoms with Gasteiger partial charge in [-0.1, -0.05) is 49.2 Å². The molecule has 3 amide bonds. The molecule has 6 rings (SSSR count). The van der Waals surface area contributed by atoms with Gasteiger partial charge in [0.2, 0.25) is 11.8 Å². The lowest BCUT2D eigenvalue weighted by atomic mass is 10.0. The maximum atomic E-state index is 13.1. The summed E-state index contributed by atoms with van der Waals surface area (Å²) < 4.78 is 11.6. The molecule has 11 nitrogen and oxygen atoms in total. The van der Waals surface area contributed by atoms with E-state index >= 15 is 0 Å². The number of esters is 1. The first-order valence-electron chi connectivity index (χ1n) is 19.5. The number of unbranched alkanes of at least 4 members (excludes halogenated alkanes) is 3. The van der Waals surface area contributed by atoms with Crippen molar-refractivity contribution in [3.8, 4) is 5.75 Å². The predicted molar refractivity (Wildman–Crippen MR) is 205 cm³/mol. The molecule has 2 aromatic carbocycles. The lowest BCUT2D eigenvalue weighted by Gasteiger charge is -2.27. The summed E-state index contributed by atoms with van der Waals surface area (Å²) in [5.41, 5.74) is 10.5. The molecule has 54 heavy (non-hydrogen) atoms. The van der Waals surface area contributed by atoms with Crippen LogP contribution in [-0.4, -0.2) is 59.4 Å². The van der Waals surface area contributed by atoms with Crippen LogP contribution in [0.3, 0.4) is 0 Å². The maximum absolute atomic E-state index is 13.1. The number of hydrogen-bond acceptors (Lipinski definition) is 7. The van der Waals surface area contributed by atoms with E-state index < -0.39 is 17.9 Å². The Bertz CT molecular complexity index is 1850. The molecule has 1 fully saturated rings. The normalized spacial score (nSPS) is 17.2. The molecular weight excluding hydrogens is 684 g/mol. The number of ether oxygens (including phenoxy) is 2. The van der Waals surface area contributed by atoms with Gasteiger partial charge in [-0.25, -0.2) is 10.3 Å². The Morgan fingerprint density at radius 1 is 0.926 bits per heavy atom. The van der Waals surface area contributed by atoms with Crippen LogP contribution < -0.4 is 15.5 Å². The summed E-state index contributed by atoms with van der Waals surface area (Å²) in [5, 5.41) is 3.83. The molecule has 1 atom stereocenters. The van der Waals surface area contributed by atoms with Gasteiger partial charge in [0.05, 0.1) is 6.54 Å². The molecule has 11 heteroatoms. The number of carbonyl (C=O) groups excluding carboxylic acids is 4. The number of hydroxylamine groups is 1. The van der Waals surface area contributed by atoms with Gasteiger partial charge in [0.25, 0.3) is 5.91 Å². The summed E-state index contributed by atoms with van der Waals surface area (Å²) >= 11 is 0. The summed E-state index contributed by atoms with van der Waals surface area (Å²) in [6.45, 7) is 1.23. The third-order valence-electron chi connectivity index (χ3n) is 10.2. The van der Waals surface area contributed by atoms with E-state index in [1.165, 1.54) is 0 Å². The molecule has 0 saturated heterocycles. The summed E-state index contributed by atoms with van der Waals surface area (Å²) in [7, 11) is 0. The van der Waals surface area contributed by atoms with Crippen molar-refractivity contribution in [3.05, 3.63) is 94.9 Å². The van der Waals surface area contributed by atoms with Crippen LogP contribution in [0, 0.1) is 0 Å². The van der Waals surface area contributed by atoms with E-state index in [-0.39, 0.29) is 24.5 Å². The number of allylic oxidation sites excluding steroid dienone is 1. The lowest BCUT2D eigenvalue weighted by Crippen LogP contribution is -2.38. The maximum Gasteiger partial charge on any atom is 0.333 e. The molecule has 2 heterocycles. The molecule has 2 aliphatic carbocycles. The van der Waals surface area contributed by atoms with Crippen molar-refractivity contribution in [3.63, 3.8) is 0 Å². The van der Waals surface area contributed by atoms with Crippen LogP contribution in [0.15, 0.2) is 78.1 Å². The van der Waals surface area contributed by atoms with Gasteiger partial charge < -0.3 is 24.7 Å². The first-order chi connectivity index (χ1) is 26.4. The van der Waals surface area contributed by atoms with E-state index in [0.29, 0.717) is 50.3 Å². The highest BCUT2D eigenvalue weighted by Crippen LogP contribution is 2.31. The highest BCUT2D eigenvalue weighted by molar-refractivity contribution is 5.88. The quantitative estimate of drug-likeness (QED) is 0.0588. The molecule has 3 aliphatic rings. The fraction of sp³-hybridized carbons (Fsp3) is 0.465. The van der Waals surface area contributed by atoms with E-state index in [1.807, 2.05) is 53.5 Å². The Kier molecular flexibility index (Phi) is 14.2. The van der Waals surface area contributed by atoms with E-state index in [0.717, 1.165) is 98.4 Å². The SMILES string of the molecule is O=C(CCCCCCC(=O)N1CCc2c([nH]c3ccc(OCC(=O)N[C@H](C(=O)OC4CCCC4)c4ccccc4)cc23)C1)NOC/C1=C/CCCC=C=C1. The Morgan fingerprint density at radius 2 is 1.74 bits per heavy atom. The minimum atomic E-state index is -0.911.